The van der Waals surface area contributed by atoms with Crippen LogP contribution in [0, 0.1) is 0 Å². The Hall–Kier alpha value is -0.240. The van der Waals surface area contributed by atoms with Crippen molar-refractivity contribution in [3.63, 3.8) is 0 Å². The molecule has 1 aliphatic rings. The van der Waals surface area contributed by atoms with Crippen LogP contribution in [0.5, 0.6) is 0 Å². The molecule has 0 N–H and O–H groups in total. The van der Waals surface area contributed by atoms with Crippen LogP contribution in [-0.2, 0) is 0 Å². The summed E-state index contributed by atoms with van der Waals surface area (Å²) >= 11 is 0. The summed E-state index contributed by atoms with van der Waals surface area (Å²) in [6.07, 6.45) is 2.76. The van der Waals surface area contributed by atoms with Crippen LogP contribution >= 0.6 is 0 Å². The van der Waals surface area contributed by atoms with Crippen molar-refractivity contribution in [2.24, 2.45) is 0 Å². The fourth-order valence-corrected chi connectivity index (χ4v) is 2.94. The first-order chi connectivity index (χ1) is 15.9. The van der Waals surface area contributed by atoms with Crippen molar-refractivity contribution in [3.05, 3.63) is 0 Å². The van der Waals surface area contributed by atoms with Gasteiger partial charge in [0.2, 0.25) is 0 Å². The van der Waals surface area contributed by atoms with Gasteiger partial charge < -0.3 is 29.4 Å². The topological polar surface area (TPSA) is 19.4 Å². The monoisotopic (exact) mass is 462 g/mol. The zero-order valence-corrected chi connectivity index (χ0v) is 24.1. The molecule has 0 aromatic heterocycles. The molecule has 1 fully saturated rings. The van der Waals surface area contributed by atoms with Gasteiger partial charge in [-0.25, -0.2) is 0 Å². The van der Waals surface area contributed by atoms with E-state index in [2.05, 4.69) is 101 Å². The Bertz CT molecular complexity index is 500. The summed E-state index contributed by atoms with van der Waals surface area (Å²) in [5.41, 5.74) is 0. The van der Waals surface area contributed by atoms with Crippen LogP contribution in [-0.4, -0.2) is 149 Å². The van der Waals surface area contributed by atoms with Crippen LogP contribution in [0.1, 0.15) is 58.5 Å². The largest absolute Gasteiger partial charge is 0.308 e. The highest BCUT2D eigenvalue weighted by molar-refractivity contribution is 4.79. The third-order valence-corrected chi connectivity index (χ3v) is 6.50. The minimum absolute atomic E-state index is 0.463. The van der Waals surface area contributed by atoms with Gasteiger partial charge in [0.25, 0.3) is 0 Å². The number of hydrogen-bond donors (Lipinski definition) is 0. The van der Waals surface area contributed by atoms with Gasteiger partial charge >= 0.3 is 0 Å². The molecule has 0 amide bonds. The van der Waals surface area contributed by atoms with Crippen molar-refractivity contribution in [3.8, 4) is 0 Å². The molecule has 32 heavy (non-hydrogen) atoms. The molecule has 0 spiro atoms. The molecule has 1 saturated heterocycles. The maximum Gasteiger partial charge on any atom is 0.0394 e. The van der Waals surface area contributed by atoms with E-state index >= 15 is 0 Å². The highest BCUT2D eigenvalue weighted by Crippen LogP contribution is 2.15. The van der Waals surface area contributed by atoms with Crippen LogP contribution in [0.25, 0.3) is 0 Å². The summed E-state index contributed by atoms with van der Waals surface area (Å²) < 4.78 is 21.4. The summed E-state index contributed by atoms with van der Waals surface area (Å²) in [5.74, 6) is 0. The lowest BCUT2D eigenvalue weighted by Crippen LogP contribution is -2.39. The Kier molecular flexibility index (Phi) is 16.7. The van der Waals surface area contributed by atoms with E-state index in [1.165, 1.54) is 30.8 Å². The molecule has 0 aliphatic carbocycles. The molecule has 1 heterocycles. The fourth-order valence-electron chi connectivity index (χ4n) is 2.94. The van der Waals surface area contributed by atoms with Gasteiger partial charge in [0.05, 0.1) is 0 Å². The predicted molar refractivity (Wildman–Crippen MR) is 146 cm³/mol. The lowest BCUT2D eigenvalue weighted by Gasteiger charge is -2.28. The highest BCUT2D eigenvalue weighted by Gasteiger charge is 2.22. The Morgan fingerprint density at radius 2 is 1.16 bits per heavy atom. The smallest absolute Gasteiger partial charge is 0.0394 e. The second kappa shape index (κ2) is 19.1. The van der Waals surface area contributed by atoms with Gasteiger partial charge in [0, 0.05) is 61.0 Å². The van der Waals surface area contributed by atoms with Gasteiger partial charge in [-0.05, 0) is 117 Å². The van der Waals surface area contributed by atoms with Gasteiger partial charge in [-0.3, -0.25) is 0 Å². The molecule has 6 nitrogen and oxygen atoms in total. The Labute approximate surface area is 208 Å². The van der Waals surface area contributed by atoms with Crippen molar-refractivity contribution in [2.45, 2.75) is 78.6 Å². The van der Waals surface area contributed by atoms with Gasteiger partial charge in [0.1, 0.15) is 0 Å². The zero-order valence-electron chi connectivity index (χ0n) is 27.1. The number of likely N-dealkylation sites (tertiary alicyclic amines) is 1. The lowest BCUT2D eigenvalue weighted by atomic mass is 10.2. The number of rotatable bonds is 11. The van der Waals surface area contributed by atoms with E-state index in [4.69, 9.17) is 4.11 Å². The van der Waals surface area contributed by atoms with E-state index < -0.39 is 6.98 Å². The summed E-state index contributed by atoms with van der Waals surface area (Å²) in [6, 6.07) is 2.61. The van der Waals surface area contributed by atoms with Crippen molar-refractivity contribution >= 4 is 0 Å². The molecule has 1 unspecified atom stereocenters. The molecule has 0 saturated carbocycles. The van der Waals surface area contributed by atoms with Gasteiger partial charge in [-0.15, -0.1) is 0 Å². The summed E-state index contributed by atoms with van der Waals surface area (Å²) in [6.45, 7) is 17.4. The average Bonchev–Trinajstić information content (AvgIpc) is 3.14. The molecule has 0 aromatic rings. The molecule has 0 bridgehead atoms. The molecule has 0 radical (unpaired) electrons. The maximum atomic E-state index is 7.13. The summed E-state index contributed by atoms with van der Waals surface area (Å²) in [4.78, 5) is 13.0. The molecule has 6 heteroatoms. The van der Waals surface area contributed by atoms with E-state index in [1.807, 2.05) is 7.05 Å². The lowest BCUT2D eigenvalue weighted by molar-refractivity contribution is 0.192. The molecule has 0 aromatic carbocycles. The summed E-state index contributed by atoms with van der Waals surface area (Å²) in [7, 11) is 14.5. The number of likely N-dealkylation sites (N-methyl/N-ethyl adjacent to an activating group) is 6. The Morgan fingerprint density at radius 1 is 0.719 bits per heavy atom. The van der Waals surface area contributed by atoms with Crippen molar-refractivity contribution in [2.75, 3.05) is 95.6 Å². The highest BCUT2D eigenvalue weighted by atomic mass is 15.2. The van der Waals surface area contributed by atoms with Gasteiger partial charge in [-0.2, -0.15) is 0 Å². The first-order valence-corrected chi connectivity index (χ1v) is 12.6. The Balaban J connectivity index is 0. The average molecular weight is 462 g/mol. The minimum atomic E-state index is -1.96. The van der Waals surface area contributed by atoms with Crippen molar-refractivity contribution < 1.29 is 4.11 Å². The molecular formula is C26H62N6. The van der Waals surface area contributed by atoms with Crippen LogP contribution in [0.4, 0.5) is 0 Å². The van der Waals surface area contributed by atoms with Crippen molar-refractivity contribution in [1.82, 2.24) is 29.4 Å². The second-order valence-electron chi connectivity index (χ2n) is 10.7. The second-order valence-corrected chi connectivity index (χ2v) is 10.7. The first kappa shape index (κ1) is 28.0. The van der Waals surface area contributed by atoms with E-state index in [9.17, 15) is 0 Å². The Morgan fingerprint density at radius 3 is 1.47 bits per heavy atom. The van der Waals surface area contributed by atoms with E-state index in [0.29, 0.717) is 24.7 Å². The van der Waals surface area contributed by atoms with Gasteiger partial charge in [-0.1, -0.05) is 0 Å². The SMILES string of the molecule is CC(C)N(C)CC1CCCN1C.CC(C)N(C)CCN(C)C.[2H]C([2H])([2H])N(C)CCN(C)C(C)C. The van der Waals surface area contributed by atoms with Crippen LogP contribution in [0.3, 0.4) is 0 Å². The van der Waals surface area contributed by atoms with Crippen LogP contribution in [0.2, 0.25) is 0 Å². The minimum Gasteiger partial charge on any atom is -0.308 e. The molecule has 1 aliphatic heterocycles. The summed E-state index contributed by atoms with van der Waals surface area (Å²) in [5, 5.41) is 0. The van der Waals surface area contributed by atoms with Gasteiger partial charge in [0.15, 0.2) is 0 Å². The normalized spacial score (nSPS) is 19.0. The maximum absolute atomic E-state index is 7.13. The molecular weight excluding hydrogens is 396 g/mol. The first-order valence-electron chi connectivity index (χ1n) is 14.1. The molecule has 196 valence electrons. The van der Waals surface area contributed by atoms with E-state index in [1.54, 1.807) is 7.05 Å². The number of hydrogen-bond acceptors (Lipinski definition) is 6. The fraction of sp³-hybridized carbons (Fsp3) is 1.00. The molecule has 1 rings (SSSR count). The van der Waals surface area contributed by atoms with Crippen LogP contribution < -0.4 is 0 Å². The van der Waals surface area contributed by atoms with E-state index in [0.717, 1.165) is 25.7 Å². The third kappa shape index (κ3) is 19.2. The predicted octanol–water partition coefficient (Wildman–Crippen LogP) is 3.20. The quantitative estimate of drug-likeness (QED) is 0.467. The standard InChI is InChI=1S/C10H22N2.2C8H20N2/c1-9(2)12(4)8-10-6-5-7-11(10)3;2*1-8(2)10(5)7-6-9(3)4/h9-10H,5-8H2,1-4H3;2*8H,6-7H2,1-5H3/i;3D3;. The third-order valence-electron chi connectivity index (χ3n) is 6.50. The van der Waals surface area contributed by atoms with E-state index in [-0.39, 0.29) is 0 Å². The van der Waals surface area contributed by atoms with Crippen LogP contribution in [0.15, 0.2) is 0 Å². The molecule has 1 atom stereocenters. The number of nitrogens with zero attached hydrogens (tertiary/aromatic N) is 6. The zero-order chi connectivity index (χ0) is 27.9. The van der Waals surface area contributed by atoms with Crippen molar-refractivity contribution in [1.29, 1.82) is 0 Å².